The number of nitrogens with one attached hydrogen (secondary N) is 2. The smallest absolute Gasteiger partial charge is 0.206 e. The number of aromatic nitrogens is 5. The molecule has 1 saturated heterocycles. The van der Waals surface area contributed by atoms with Crippen LogP contribution in [-0.2, 0) is 16.3 Å². The van der Waals surface area contributed by atoms with E-state index in [1.54, 1.807) is 18.3 Å². The van der Waals surface area contributed by atoms with Gasteiger partial charge in [-0.25, -0.2) is 8.42 Å². The number of tetrazole rings is 1. The van der Waals surface area contributed by atoms with Crippen LogP contribution in [0.3, 0.4) is 0 Å². The Labute approximate surface area is 157 Å². The third-order valence-electron chi connectivity index (χ3n) is 4.79. The maximum atomic E-state index is 12.3. The fourth-order valence-electron chi connectivity index (χ4n) is 3.47. The zero-order valence-electron chi connectivity index (χ0n) is 14.9. The van der Waals surface area contributed by atoms with Crippen LogP contribution in [0.25, 0.3) is 22.5 Å². The van der Waals surface area contributed by atoms with E-state index in [2.05, 4.69) is 30.9 Å². The Morgan fingerprint density at radius 1 is 1.22 bits per heavy atom. The molecular weight excluding hydrogens is 364 g/mol. The number of benzene rings is 1. The highest BCUT2D eigenvalue weighted by Crippen LogP contribution is 2.35. The van der Waals surface area contributed by atoms with Gasteiger partial charge in [0.15, 0.2) is 9.84 Å². The molecule has 1 aliphatic heterocycles. The molecule has 1 unspecified atom stereocenters. The van der Waals surface area contributed by atoms with Crippen LogP contribution in [0.15, 0.2) is 41.4 Å². The maximum absolute atomic E-state index is 12.3. The Morgan fingerprint density at radius 3 is 2.74 bits per heavy atom. The Morgan fingerprint density at radius 2 is 2.11 bits per heavy atom. The highest BCUT2D eigenvalue weighted by Gasteiger charge is 2.22. The summed E-state index contributed by atoms with van der Waals surface area (Å²) in [7, 11) is -3.46. The van der Waals surface area contributed by atoms with E-state index < -0.39 is 9.84 Å². The van der Waals surface area contributed by atoms with Crippen molar-refractivity contribution in [2.45, 2.75) is 17.7 Å². The van der Waals surface area contributed by atoms with Crippen molar-refractivity contribution in [2.24, 2.45) is 5.92 Å². The summed E-state index contributed by atoms with van der Waals surface area (Å²) in [5.41, 5.74) is 2.99. The first-order valence-electron chi connectivity index (χ1n) is 8.75. The first-order chi connectivity index (χ1) is 13.0. The molecule has 0 bridgehead atoms. The van der Waals surface area contributed by atoms with Crippen molar-refractivity contribution in [3.8, 4) is 22.5 Å². The lowest BCUT2D eigenvalue weighted by Crippen LogP contribution is -2.11. The normalized spacial score (nSPS) is 17.3. The van der Waals surface area contributed by atoms with Crippen molar-refractivity contribution in [2.75, 3.05) is 19.3 Å². The largest absolute Gasteiger partial charge is 0.316 e. The third-order valence-corrected chi connectivity index (χ3v) is 5.93. The van der Waals surface area contributed by atoms with Gasteiger partial charge in [-0.1, -0.05) is 18.2 Å². The van der Waals surface area contributed by atoms with Gasteiger partial charge in [-0.2, -0.15) is 5.21 Å². The van der Waals surface area contributed by atoms with Crippen LogP contribution in [-0.4, -0.2) is 53.4 Å². The van der Waals surface area contributed by atoms with Crippen LogP contribution in [0.1, 0.15) is 12.1 Å². The average Bonchev–Trinajstić information content (AvgIpc) is 3.35. The second-order valence-corrected chi connectivity index (χ2v) is 8.77. The van der Waals surface area contributed by atoms with Gasteiger partial charge in [-0.15, -0.1) is 10.2 Å². The van der Waals surface area contributed by atoms with E-state index in [1.807, 2.05) is 18.2 Å². The lowest BCUT2D eigenvalue weighted by molar-refractivity contribution is 0.572. The number of sulfone groups is 1. The SMILES string of the molecule is CS(=O)(=O)c1cccc(-c2ccc(CC3CCNC3)nc2)c1-c1nn[nH]n1. The van der Waals surface area contributed by atoms with Gasteiger partial charge in [-0.3, -0.25) is 4.98 Å². The van der Waals surface area contributed by atoms with Gasteiger partial charge in [-0.05, 0) is 54.8 Å². The van der Waals surface area contributed by atoms with Crippen LogP contribution in [0.4, 0.5) is 0 Å². The van der Waals surface area contributed by atoms with E-state index in [9.17, 15) is 8.42 Å². The number of H-pyrrole nitrogens is 1. The van der Waals surface area contributed by atoms with E-state index in [4.69, 9.17) is 0 Å². The van der Waals surface area contributed by atoms with Gasteiger partial charge in [0.25, 0.3) is 0 Å². The van der Waals surface area contributed by atoms with Crippen LogP contribution < -0.4 is 5.32 Å². The molecule has 2 aromatic heterocycles. The second kappa shape index (κ2) is 7.16. The molecule has 0 saturated carbocycles. The number of rotatable bonds is 5. The standard InChI is InChI=1S/C18H20N6O2S/c1-27(25,26)16-4-2-3-15(17(16)18-21-23-24-22-18)13-5-6-14(20-11-13)9-12-7-8-19-10-12/h2-6,11-12,19H,7-10H2,1H3,(H,21,22,23,24). The number of hydrogen-bond donors (Lipinski definition) is 2. The molecule has 4 rings (SSSR count). The molecule has 9 heteroatoms. The van der Waals surface area contributed by atoms with Crippen molar-refractivity contribution in [3.63, 3.8) is 0 Å². The molecule has 1 fully saturated rings. The molecule has 140 valence electrons. The molecular formula is C18H20N6O2S. The Balaban J connectivity index is 1.75. The highest BCUT2D eigenvalue weighted by molar-refractivity contribution is 7.90. The van der Waals surface area contributed by atoms with Crippen LogP contribution in [0, 0.1) is 5.92 Å². The predicted molar refractivity (Wildman–Crippen MR) is 101 cm³/mol. The van der Waals surface area contributed by atoms with Crippen LogP contribution in [0.5, 0.6) is 0 Å². The molecule has 27 heavy (non-hydrogen) atoms. The van der Waals surface area contributed by atoms with Crippen molar-refractivity contribution in [3.05, 3.63) is 42.2 Å². The lowest BCUT2D eigenvalue weighted by Gasteiger charge is -2.12. The summed E-state index contributed by atoms with van der Waals surface area (Å²) >= 11 is 0. The van der Waals surface area contributed by atoms with E-state index in [0.29, 0.717) is 17.0 Å². The fraction of sp³-hybridized carbons (Fsp3) is 0.333. The van der Waals surface area contributed by atoms with Crippen LogP contribution >= 0.6 is 0 Å². The summed E-state index contributed by atoms with van der Waals surface area (Å²) in [6.07, 6.45) is 5.06. The second-order valence-electron chi connectivity index (χ2n) is 6.79. The van der Waals surface area contributed by atoms with Crippen molar-refractivity contribution in [1.29, 1.82) is 0 Å². The number of aromatic amines is 1. The number of pyridine rings is 1. The number of hydrogen-bond acceptors (Lipinski definition) is 7. The van der Waals surface area contributed by atoms with Crippen molar-refractivity contribution in [1.82, 2.24) is 30.9 Å². The predicted octanol–water partition coefficient (Wildman–Crippen LogP) is 1.48. The Hall–Kier alpha value is -2.65. The highest BCUT2D eigenvalue weighted by atomic mass is 32.2. The van der Waals surface area contributed by atoms with Gasteiger partial charge in [0, 0.05) is 29.3 Å². The molecule has 0 radical (unpaired) electrons. The van der Waals surface area contributed by atoms with E-state index >= 15 is 0 Å². The summed E-state index contributed by atoms with van der Waals surface area (Å²) < 4.78 is 24.5. The minimum absolute atomic E-state index is 0.169. The molecule has 0 aliphatic carbocycles. The van der Waals surface area contributed by atoms with E-state index in [-0.39, 0.29) is 10.7 Å². The van der Waals surface area contributed by atoms with E-state index in [1.165, 1.54) is 12.7 Å². The molecule has 1 aliphatic rings. The molecule has 1 aromatic carbocycles. The van der Waals surface area contributed by atoms with E-state index in [0.717, 1.165) is 30.8 Å². The van der Waals surface area contributed by atoms with Crippen LogP contribution in [0.2, 0.25) is 0 Å². The van der Waals surface area contributed by atoms with Gasteiger partial charge in [0.05, 0.1) is 4.90 Å². The maximum Gasteiger partial charge on any atom is 0.206 e. The topological polar surface area (TPSA) is 114 Å². The molecule has 0 amide bonds. The molecule has 2 N–H and O–H groups in total. The summed E-state index contributed by atoms with van der Waals surface area (Å²) in [6.45, 7) is 2.09. The third kappa shape index (κ3) is 3.74. The monoisotopic (exact) mass is 384 g/mol. The minimum atomic E-state index is -3.46. The Bertz CT molecular complexity index is 1030. The molecule has 1 atom stereocenters. The number of nitrogens with zero attached hydrogens (tertiary/aromatic N) is 4. The first kappa shape index (κ1) is 17.7. The summed E-state index contributed by atoms with van der Waals surface area (Å²) in [5, 5.41) is 17.3. The molecule has 8 nitrogen and oxygen atoms in total. The van der Waals surface area contributed by atoms with Gasteiger partial charge in [0.2, 0.25) is 5.82 Å². The summed E-state index contributed by atoms with van der Waals surface area (Å²) in [4.78, 5) is 4.76. The molecule has 3 heterocycles. The lowest BCUT2D eigenvalue weighted by atomic mass is 9.98. The Kier molecular flexibility index (Phi) is 4.71. The van der Waals surface area contributed by atoms with Gasteiger partial charge < -0.3 is 5.32 Å². The minimum Gasteiger partial charge on any atom is -0.316 e. The van der Waals surface area contributed by atoms with Gasteiger partial charge >= 0.3 is 0 Å². The first-order valence-corrected chi connectivity index (χ1v) is 10.6. The van der Waals surface area contributed by atoms with Gasteiger partial charge in [0.1, 0.15) is 0 Å². The molecule has 0 spiro atoms. The average molecular weight is 384 g/mol. The van der Waals surface area contributed by atoms with Crippen molar-refractivity contribution < 1.29 is 8.42 Å². The zero-order chi connectivity index (χ0) is 18.9. The van der Waals surface area contributed by atoms with Crippen molar-refractivity contribution >= 4 is 9.84 Å². The summed E-state index contributed by atoms with van der Waals surface area (Å²) in [6, 6.07) is 9.08. The quantitative estimate of drug-likeness (QED) is 0.685. The summed E-state index contributed by atoms with van der Waals surface area (Å²) in [5.74, 6) is 0.860. The molecule has 3 aromatic rings. The fourth-order valence-corrected chi connectivity index (χ4v) is 4.37. The zero-order valence-corrected chi connectivity index (χ0v) is 15.7.